The highest BCUT2D eigenvalue weighted by atomic mass is 19.1. The molecule has 2 heterocycles. The zero-order chi connectivity index (χ0) is 8.39. The molecule has 1 fully saturated rings. The van der Waals surface area contributed by atoms with Crippen LogP contribution in [-0.4, -0.2) is 19.8 Å². The van der Waals surface area contributed by atoms with Crippen LogP contribution < -0.4 is 5.32 Å². The fourth-order valence-electron chi connectivity index (χ4n) is 1.73. The number of hydrogen-bond donors (Lipinski definition) is 1. The molecule has 1 aliphatic heterocycles. The van der Waals surface area contributed by atoms with Crippen LogP contribution in [0.1, 0.15) is 11.7 Å². The molecule has 66 valence electrons. The van der Waals surface area contributed by atoms with Crippen molar-refractivity contribution in [2.24, 2.45) is 5.92 Å². The maximum Gasteiger partial charge on any atom is 0.108 e. The monoisotopic (exact) mass is 169 g/mol. The fourth-order valence-corrected chi connectivity index (χ4v) is 1.73. The van der Waals surface area contributed by atoms with Gasteiger partial charge in [-0.2, -0.15) is 0 Å². The van der Waals surface area contributed by atoms with Gasteiger partial charge in [0, 0.05) is 24.9 Å². The van der Waals surface area contributed by atoms with Gasteiger partial charge >= 0.3 is 0 Å². The van der Waals surface area contributed by atoms with Crippen molar-refractivity contribution in [2.45, 2.75) is 5.92 Å². The molecule has 12 heavy (non-hydrogen) atoms. The van der Waals surface area contributed by atoms with Gasteiger partial charge in [-0.1, -0.05) is 0 Å². The maximum atomic E-state index is 12.5. The molecule has 0 aliphatic carbocycles. The van der Waals surface area contributed by atoms with Crippen molar-refractivity contribution in [3.05, 3.63) is 24.2 Å². The molecule has 0 amide bonds. The molecule has 2 rings (SSSR count). The summed E-state index contributed by atoms with van der Waals surface area (Å²) < 4.78 is 17.7. The van der Waals surface area contributed by atoms with Crippen LogP contribution >= 0.6 is 0 Å². The summed E-state index contributed by atoms with van der Waals surface area (Å²) in [6, 6.07) is 3.77. The molecule has 3 heteroatoms. The minimum absolute atomic E-state index is 0.0937. The van der Waals surface area contributed by atoms with E-state index < -0.39 is 0 Å². The van der Waals surface area contributed by atoms with Gasteiger partial charge in [0.25, 0.3) is 0 Å². The van der Waals surface area contributed by atoms with Crippen LogP contribution in [0.25, 0.3) is 0 Å². The number of alkyl halides is 1. The molecule has 1 aliphatic rings. The first-order valence-corrected chi connectivity index (χ1v) is 4.22. The lowest BCUT2D eigenvalue weighted by atomic mass is 9.95. The largest absolute Gasteiger partial charge is 0.469 e. The van der Waals surface area contributed by atoms with Crippen LogP contribution in [0.4, 0.5) is 4.39 Å². The zero-order valence-corrected chi connectivity index (χ0v) is 6.79. The molecule has 1 aromatic rings. The number of nitrogens with one attached hydrogen (secondary N) is 1. The summed E-state index contributed by atoms with van der Waals surface area (Å²) in [5.41, 5.74) is 0. The van der Waals surface area contributed by atoms with Gasteiger partial charge in [-0.05, 0) is 12.1 Å². The second-order valence-corrected chi connectivity index (χ2v) is 3.19. The smallest absolute Gasteiger partial charge is 0.108 e. The lowest BCUT2D eigenvalue weighted by Crippen LogP contribution is -2.12. The Hall–Kier alpha value is -0.830. The second-order valence-electron chi connectivity index (χ2n) is 3.19. The van der Waals surface area contributed by atoms with Gasteiger partial charge in [0.15, 0.2) is 0 Å². The van der Waals surface area contributed by atoms with E-state index in [4.69, 9.17) is 4.42 Å². The number of halogens is 1. The molecule has 2 atom stereocenters. The summed E-state index contributed by atoms with van der Waals surface area (Å²) in [4.78, 5) is 0. The van der Waals surface area contributed by atoms with E-state index in [0.717, 1.165) is 18.8 Å². The van der Waals surface area contributed by atoms with Gasteiger partial charge in [0.1, 0.15) is 5.76 Å². The van der Waals surface area contributed by atoms with Crippen molar-refractivity contribution in [3.63, 3.8) is 0 Å². The second kappa shape index (κ2) is 3.27. The van der Waals surface area contributed by atoms with E-state index in [0.29, 0.717) is 0 Å². The van der Waals surface area contributed by atoms with Crippen molar-refractivity contribution in [1.29, 1.82) is 0 Å². The van der Waals surface area contributed by atoms with E-state index in [1.807, 2.05) is 12.1 Å². The Balaban J connectivity index is 2.13. The standard InChI is InChI=1S/C9H12FNO/c10-4-7-5-11-6-8(7)9-2-1-3-12-9/h1-3,7-8,11H,4-6H2/t7-,8+/m0/s1. The lowest BCUT2D eigenvalue weighted by molar-refractivity contribution is 0.331. The van der Waals surface area contributed by atoms with E-state index in [9.17, 15) is 4.39 Å². The predicted octanol–water partition coefficient (Wildman–Crippen LogP) is 1.55. The molecule has 2 nitrogen and oxygen atoms in total. The summed E-state index contributed by atoms with van der Waals surface area (Å²) in [6.07, 6.45) is 1.64. The van der Waals surface area contributed by atoms with Crippen molar-refractivity contribution in [1.82, 2.24) is 5.32 Å². The number of hydrogen-bond acceptors (Lipinski definition) is 2. The Bertz CT molecular complexity index is 235. The molecule has 1 saturated heterocycles. The molecule has 0 unspecified atom stereocenters. The third-order valence-corrected chi connectivity index (χ3v) is 2.45. The third-order valence-electron chi connectivity index (χ3n) is 2.45. The Morgan fingerprint density at radius 3 is 3.17 bits per heavy atom. The molecular weight excluding hydrogens is 157 g/mol. The van der Waals surface area contributed by atoms with Crippen LogP contribution in [0.15, 0.2) is 22.8 Å². The minimum atomic E-state index is -0.266. The molecule has 0 aromatic carbocycles. The average Bonchev–Trinajstić information content (AvgIpc) is 2.74. The van der Waals surface area contributed by atoms with Gasteiger partial charge < -0.3 is 9.73 Å². The van der Waals surface area contributed by atoms with Crippen LogP contribution in [0, 0.1) is 5.92 Å². The Labute approximate surface area is 70.8 Å². The Kier molecular flexibility index (Phi) is 2.13. The third kappa shape index (κ3) is 1.25. The van der Waals surface area contributed by atoms with E-state index in [1.165, 1.54) is 0 Å². The summed E-state index contributed by atoms with van der Waals surface area (Å²) in [5.74, 6) is 1.23. The van der Waals surface area contributed by atoms with Gasteiger partial charge in [0.05, 0.1) is 12.9 Å². The van der Waals surface area contributed by atoms with Crippen molar-refractivity contribution >= 4 is 0 Å². The van der Waals surface area contributed by atoms with Crippen LogP contribution in [0.3, 0.4) is 0 Å². The minimum Gasteiger partial charge on any atom is -0.469 e. The number of rotatable bonds is 2. The van der Waals surface area contributed by atoms with E-state index in [2.05, 4.69) is 5.32 Å². The first-order valence-electron chi connectivity index (χ1n) is 4.22. The molecule has 0 saturated carbocycles. The highest BCUT2D eigenvalue weighted by Crippen LogP contribution is 2.28. The van der Waals surface area contributed by atoms with Crippen molar-refractivity contribution in [3.8, 4) is 0 Å². The first-order chi connectivity index (χ1) is 5.92. The number of furan rings is 1. The van der Waals surface area contributed by atoms with Crippen LogP contribution in [0.2, 0.25) is 0 Å². The maximum absolute atomic E-state index is 12.5. The van der Waals surface area contributed by atoms with Crippen LogP contribution in [0.5, 0.6) is 0 Å². The van der Waals surface area contributed by atoms with Gasteiger partial charge in [-0.3, -0.25) is 4.39 Å². The molecule has 1 N–H and O–H groups in total. The molecule has 0 bridgehead atoms. The van der Waals surface area contributed by atoms with Gasteiger partial charge in [0.2, 0.25) is 0 Å². The van der Waals surface area contributed by atoms with E-state index >= 15 is 0 Å². The summed E-state index contributed by atoms with van der Waals surface area (Å²) >= 11 is 0. The first kappa shape index (κ1) is 7.80. The van der Waals surface area contributed by atoms with Crippen molar-refractivity contribution in [2.75, 3.05) is 19.8 Å². The molecule has 1 aromatic heterocycles. The normalized spacial score (nSPS) is 29.4. The lowest BCUT2D eigenvalue weighted by Gasteiger charge is -2.11. The van der Waals surface area contributed by atoms with E-state index in [1.54, 1.807) is 6.26 Å². The quantitative estimate of drug-likeness (QED) is 0.726. The zero-order valence-electron chi connectivity index (χ0n) is 6.79. The summed E-state index contributed by atoms with van der Waals surface area (Å²) in [5, 5.41) is 3.16. The van der Waals surface area contributed by atoms with E-state index in [-0.39, 0.29) is 18.5 Å². The highest BCUT2D eigenvalue weighted by Gasteiger charge is 2.29. The predicted molar refractivity (Wildman–Crippen MR) is 43.8 cm³/mol. The summed E-state index contributed by atoms with van der Waals surface area (Å²) in [6.45, 7) is 1.34. The van der Waals surface area contributed by atoms with Crippen LogP contribution in [-0.2, 0) is 0 Å². The summed E-state index contributed by atoms with van der Waals surface area (Å²) in [7, 11) is 0. The fraction of sp³-hybridized carbons (Fsp3) is 0.556. The molecule has 0 spiro atoms. The Morgan fingerprint density at radius 2 is 2.50 bits per heavy atom. The van der Waals surface area contributed by atoms with Crippen molar-refractivity contribution < 1.29 is 8.81 Å². The molecular formula is C9H12FNO. The topological polar surface area (TPSA) is 25.2 Å². The Morgan fingerprint density at radius 1 is 1.58 bits per heavy atom. The molecule has 0 radical (unpaired) electrons. The SMILES string of the molecule is FC[C@H]1CNC[C@H]1c1ccco1. The van der Waals surface area contributed by atoms with Gasteiger partial charge in [-0.15, -0.1) is 0 Å². The highest BCUT2D eigenvalue weighted by molar-refractivity contribution is 5.10. The average molecular weight is 169 g/mol. The van der Waals surface area contributed by atoms with Gasteiger partial charge in [-0.25, -0.2) is 0 Å².